The van der Waals surface area contributed by atoms with Gasteiger partial charge in [-0.1, -0.05) is 25.7 Å². The van der Waals surface area contributed by atoms with Crippen LogP contribution in [-0.4, -0.2) is 20.8 Å². The third-order valence-corrected chi connectivity index (χ3v) is 2.96. The van der Waals surface area contributed by atoms with Crippen LogP contribution in [0.25, 0.3) is 0 Å². The lowest BCUT2D eigenvalue weighted by atomic mass is 10.4. The van der Waals surface area contributed by atoms with Gasteiger partial charge < -0.3 is 4.74 Å². The van der Waals surface area contributed by atoms with Crippen LogP contribution in [0.1, 0.15) is 20.3 Å². The molecule has 0 fully saturated rings. The normalized spacial score (nSPS) is 14.1. The van der Waals surface area contributed by atoms with Crippen LogP contribution in [0.2, 0.25) is 0 Å². The summed E-state index contributed by atoms with van der Waals surface area (Å²) in [4.78, 5) is -0.358. The fourth-order valence-corrected chi connectivity index (χ4v) is 1.69. The monoisotopic (exact) mass is 266 g/mol. The highest BCUT2D eigenvalue weighted by Gasteiger charge is 2.31. The van der Waals surface area contributed by atoms with Crippen LogP contribution in [0, 0.1) is 0 Å². The van der Waals surface area contributed by atoms with E-state index in [0.29, 0.717) is 0 Å². The van der Waals surface area contributed by atoms with Crippen LogP contribution < -0.4 is 0 Å². The summed E-state index contributed by atoms with van der Waals surface area (Å²) in [5.74, 6) is -0.558. The molecule has 17 heavy (non-hydrogen) atoms. The molecule has 0 aromatic heterocycles. The second-order valence-electron chi connectivity index (χ2n) is 3.34. The first-order valence-electron chi connectivity index (χ1n) is 4.93. The van der Waals surface area contributed by atoms with Gasteiger partial charge in [0, 0.05) is 12.7 Å². The van der Waals surface area contributed by atoms with E-state index < -0.39 is 28.1 Å². The molecule has 0 N–H and O–H groups in total. The van der Waals surface area contributed by atoms with E-state index >= 15 is 0 Å². The quantitative estimate of drug-likeness (QED) is 0.548. The van der Waals surface area contributed by atoms with E-state index in [1.54, 1.807) is 13.0 Å². The Balaban J connectivity index is 5.19. The van der Waals surface area contributed by atoms with Crippen LogP contribution in [-0.2, 0) is 14.6 Å². The van der Waals surface area contributed by atoms with Gasteiger partial charge >= 0.3 is 6.11 Å². The van der Waals surface area contributed by atoms with Gasteiger partial charge in [-0.05, 0) is 13.0 Å². The van der Waals surface area contributed by atoms with Gasteiger partial charge in [0.2, 0.25) is 0 Å². The zero-order valence-corrected chi connectivity index (χ0v) is 10.9. The highest BCUT2D eigenvalue weighted by atomic mass is 32.2. The van der Waals surface area contributed by atoms with Crippen molar-refractivity contribution in [3.63, 3.8) is 0 Å². The minimum Gasteiger partial charge on any atom is -0.432 e. The molecule has 0 amide bonds. The van der Waals surface area contributed by atoms with Gasteiger partial charge in [0.25, 0.3) is 0 Å². The first-order valence-corrected chi connectivity index (χ1v) is 6.82. The van der Waals surface area contributed by atoms with E-state index in [1.807, 2.05) is 0 Å². The van der Waals surface area contributed by atoms with E-state index in [1.165, 1.54) is 19.1 Å². The third kappa shape index (κ3) is 5.63. The summed E-state index contributed by atoms with van der Waals surface area (Å²) in [6, 6.07) is 0. The maximum absolute atomic E-state index is 13.0. The summed E-state index contributed by atoms with van der Waals surface area (Å²) in [6.45, 7) is 6.12. The summed E-state index contributed by atoms with van der Waals surface area (Å²) in [5, 5.41) is 0. The average Bonchev–Trinajstić information content (AvgIpc) is 2.15. The number of allylic oxidation sites excluding steroid dienone is 3. The molecular weight excluding hydrogens is 250 g/mol. The van der Waals surface area contributed by atoms with Gasteiger partial charge in [-0.15, -0.1) is 0 Å². The molecule has 0 rings (SSSR count). The molecule has 0 aliphatic rings. The predicted octanol–water partition coefficient (Wildman–Crippen LogP) is 3.02. The van der Waals surface area contributed by atoms with Crippen molar-refractivity contribution >= 4 is 9.84 Å². The molecule has 0 aromatic carbocycles. The first-order chi connectivity index (χ1) is 7.64. The van der Waals surface area contributed by atoms with Crippen molar-refractivity contribution in [1.29, 1.82) is 0 Å². The predicted molar refractivity (Wildman–Crippen MR) is 63.2 cm³/mol. The number of rotatable bonds is 6. The zero-order valence-electron chi connectivity index (χ0n) is 10.0. The van der Waals surface area contributed by atoms with Crippen molar-refractivity contribution < 1.29 is 21.9 Å². The molecule has 0 saturated carbocycles. The van der Waals surface area contributed by atoms with Crippen LogP contribution in [0.15, 0.2) is 35.5 Å². The largest absolute Gasteiger partial charge is 0.432 e. The number of ether oxygens (including phenoxy) is 1. The van der Waals surface area contributed by atoms with Gasteiger partial charge in [-0.2, -0.15) is 8.78 Å². The van der Waals surface area contributed by atoms with Gasteiger partial charge in [0.05, 0.1) is 0 Å². The van der Waals surface area contributed by atoms with E-state index in [0.717, 1.165) is 6.26 Å². The minimum atomic E-state index is -3.67. The smallest absolute Gasteiger partial charge is 0.397 e. The lowest BCUT2D eigenvalue weighted by molar-refractivity contribution is -0.212. The Bertz CT molecular complexity index is 434. The third-order valence-electron chi connectivity index (χ3n) is 1.80. The second kappa shape index (κ2) is 5.95. The standard InChI is InChI=1S/C11H16F2O3S/c1-5-7-8-10(17(4,14)15)9(3)16-11(12,13)6-2/h5,7-8H,3,6H2,1-2,4H3/b7-5-,10-8+. The van der Waals surface area contributed by atoms with Gasteiger partial charge in [0.15, 0.2) is 9.84 Å². The molecular formula is C11H16F2O3S. The van der Waals surface area contributed by atoms with Crippen molar-refractivity contribution in [2.45, 2.75) is 26.4 Å². The Morgan fingerprint density at radius 3 is 2.35 bits per heavy atom. The molecule has 0 aromatic rings. The molecule has 0 radical (unpaired) electrons. The summed E-state index contributed by atoms with van der Waals surface area (Å²) >= 11 is 0. The molecule has 0 atom stereocenters. The molecule has 0 spiro atoms. The highest BCUT2D eigenvalue weighted by molar-refractivity contribution is 7.94. The Labute approximate surface area is 100 Å². The number of sulfone groups is 1. The summed E-state index contributed by atoms with van der Waals surface area (Å²) in [5.41, 5.74) is 0. The second-order valence-corrected chi connectivity index (χ2v) is 5.33. The Kier molecular flexibility index (Phi) is 5.54. The number of hydrogen-bond donors (Lipinski definition) is 0. The molecule has 98 valence electrons. The number of alkyl halides is 2. The van der Waals surface area contributed by atoms with Crippen molar-refractivity contribution in [1.82, 2.24) is 0 Å². The maximum atomic E-state index is 13.0. The lowest BCUT2D eigenvalue weighted by Gasteiger charge is -2.18. The number of hydrogen-bond acceptors (Lipinski definition) is 3. The van der Waals surface area contributed by atoms with Crippen LogP contribution in [0.5, 0.6) is 0 Å². The van der Waals surface area contributed by atoms with Crippen molar-refractivity contribution in [3.8, 4) is 0 Å². The van der Waals surface area contributed by atoms with Gasteiger partial charge in [-0.25, -0.2) is 8.42 Å². The lowest BCUT2D eigenvalue weighted by Crippen LogP contribution is -2.20. The van der Waals surface area contributed by atoms with Crippen LogP contribution in [0.3, 0.4) is 0 Å². The summed E-state index contributed by atoms with van der Waals surface area (Å²) in [7, 11) is -3.67. The van der Waals surface area contributed by atoms with Crippen molar-refractivity contribution in [2.75, 3.05) is 6.26 Å². The van der Waals surface area contributed by atoms with Gasteiger partial charge in [-0.3, -0.25) is 0 Å². The van der Waals surface area contributed by atoms with E-state index in [9.17, 15) is 17.2 Å². The van der Waals surface area contributed by atoms with Crippen molar-refractivity contribution in [2.24, 2.45) is 0 Å². The van der Waals surface area contributed by atoms with Crippen LogP contribution >= 0.6 is 0 Å². The molecule has 0 bridgehead atoms. The van der Waals surface area contributed by atoms with E-state index in [4.69, 9.17) is 0 Å². The van der Waals surface area contributed by atoms with Crippen molar-refractivity contribution in [3.05, 3.63) is 35.5 Å². The summed E-state index contributed by atoms with van der Waals surface area (Å²) < 4.78 is 52.9. The minimum absolute atomic E-state index is 0.358. The molecule has 0 aliphatic carbocycles. The maximum Gasteiger partial charge on any atom is 0.397 e. The number of halogens is 2. The average molecular weight is 266 g/mol. The Hall–Kier alpha value is -1.17. The van der Waals surface area contributed by atoms with E-state index in [-0.39, 0.29) is 4.91 Å². The van der Waals surface area contributed by atoms with Gasteiger partial charge in [0.1, 0.15) is 10.7 Å². The first kappa shape index (κ1) is 15.8. The fourth-order valence-electron chi connectivity index (χ4n) is 0.910. The summed E-state index contributed by atoms with van der Waals surface area (Å²) in [6.07, 6.45) is 1.07. The Morgan fingerprint density at radius 1 is 1.47 bits per heavy atom. The molecule has 0 saturated heterocycles. The molecule has 6 heteroatoms. The zero-order chi connectivity index (χ0) is 13.7. The fraction of sp³-hybridized carbons (Fsp3) is 0.455. The van der Waals surface area contributed by atoms with E-state index in [2.05, 4.69) is 11.3 Å². The highest BCUT2D eigenvalue weighted by Crippen LogP contribution is 2.27. The molecule has 0 heterocycles. The Morgan fingerprint density at radius 2 is 2.00 bits per heavy atom. The van der Waals surface area contributed by atoms with Crippen LogP contribution in [0.4, 0.5) is 8.78 Å². The molecule has 0 unspecified atom stereocenters. The molecule has 0 aliphatic heterocycles. The topological polar surface area (TPSA) is 43.4 Å². The molecule has 3 nitrogen and oxygen atoms in total. The SMILES string of the molecule is C=C(OC(F)(F)CC)/C(=C\C=C/C)S(C)(=O)=O.